The number of rotatable bonds is 4. The van der Waals surface area contributed by atoms with Crippen LogP contribution in [0.2, 0.25) is 5.02 Å². The van der Waals surface area contributed by atoms with Gasteiger partial charge in [-0.1, -0.05) is 31.5 Å². The van der Waals surface area contributed by atoms with Crippen molar-refractivity contribution >= 4 is 17.6 Å². The first kappa shape index (κ1) is 16.8. The Hall–Kier alpha value is -1.22. The van der Waals surface area contributed by atoms with Crippen LogP contribution in [0.5, 0.6) is 5.75 Å². The van der Waals surface area contributed by atoms with Crippen molar-refractivity contribution in [2.75, 3.05) is 6.61 Å². The molecule has 4 heteroatoms. The second-order valence-electron chi connectivity index (χ2n) is 3.42. The lowest BCUT2D eigenvalue weighted by Gasteiger charge is -2.13. The molecule has 0 aromatic heterocycles. The van der Waals surface area contributed by atoms with Gasteiger partial charge >= 0.3 is 5.97 Å². The zero-order valence-corrected chi connectivity index (χ0v) is 12.4. The summed E-state index contributed by atoms with van der Waals surface area (Å²) in [7, 11) is 0. The Morgan fingerprint density at radius 3 is 2.50 bits per heavy atom. The fraction of sp³-hybridized carbons (Fsp3) is 0.500. The lowest BCUT2D eigenvalue weighted by atomic mass is 10.2. The molecule has 0 aliphatic carbocycles. The Bertz CT molecular complexity index is 377. The molecule has 3 nitrogen and oxygen atoms in total. The first-order valence-electron chi connectivity index (χ1n) is 6.14. The van der Waals surface area contributed by atoms with Gasteiger partial charge in [-0.25, -0.2) is 4.79 Å². The van der Waals surface area contributed by atoms with Crippen molar-refractivity contribution in [3.05, 3.63) is 28.8 Å². The Morgan fingerprint density at radius 2 is 2.00 bits per heavy atom. The van der Waals surface area contributed by atoms with Crippen molar-refractivity contribution in [1.29, 1.82) is 0 Å². The summed E-state index contributed by atoms with van der Waals surface area (Å²) in [6, 6.07) is 5.30. The van der Waals surface area contributed by atoms with Gasteiger partial charge in [0.1, 0.15) is 5.75 Å². The number of esters is 1. The topological polar surface area (TPSA) is 35.5 Å². The first-order valence-corrected chi connectivity index (χ1v) is 6.51. The molecular formula is C14H21ClO3. The molecule has 0 saturated carbocycles. The number of aryl methyl sites for hydroxylation is 1. The van der Waals surface area contributed by atoms with Crippen molar-refractivity contribution < 1.29 is 14.3 Å². The number of benzene rings is 1. The standard InChI is InChI=1S/C12H15ClO3.C2H6/c1-4-15-12(14)9(3)16-10-6-5-8(2)11(13)7-10;1-2/h5-7,9H,4H2,1-3H3;1-2H3. The first-order chi connectivity index (χ1) is 8.54. The Labute approximate surface area is 114 Å². The molecular weight excluding hydrogens is 252 g/mol. The maximum absolute atomic E-state index is 11.3. The molecule has 1 rings (SSSR count). The molecule has 0 fully saturated rings. The van der Waals surface area contributed by atoms with E-state index in [4.69, 9.17) is 21.1 Å². The summed E-state index contributed by atoms with van der Waals surface area (Å²) in [5.41, 5.74) is 0.970. The zero-order chi connectivity index (χ0) is 14.1. The fourth-order valence-electron chi connectivity index (χ4n) is 1.16. The van der Waals surface area contributed by atoms with Gasteiger partial charge in [-0.2, -0.15) is 0 Å². The number of hydrogen-bond donors (Lipinski definition) is 0. The van der Waals surface area contributed by atoms with Gasteiger partial charge in [0.05, 0.1) is 6.61 Å². The summed E-state index contributed by atoms with van der Waals surface area (Å²) >= 11 is 5.94. The van der Waals surface area contributed by atoms with Gasteiger partial charge in [0.25, 0.3) is 0 Å². The normalized spacial score (nSPS) is 11.0. The highest BCUT2D eigenvalue weighted by Gasteiger charge is 2.15. The van der Waals surface area contributed by atoms with E-state index in [2.05, 4.69) is 0 Å². The summed E-state index contributed by atoms with van der Waals surface area (Å²) in [5, 5.41) is 0.619. The van der Waals surface area contributed by atoms with Crippen LogP contribution in [0, 0.1) is 6.92 Å². The fourth-order valence-corrected chi connectivity index (χ4v) is 1.33. The quantitative estimate of drug-likeness (QED) is 0.777. The minimum atomic E-state index is -0.626. The van der Waals surface area contributed by atoms with Gasteiger partial charge in [-0.15, -0.1) is 0 Å². The summed E-state index contributed by atoms with van der Waals surface area (Å²) in [4.78, 5) is 11.3. The summed E-state index contributed by atoms with van der Waals surface area (Å²) in [6.07, 6.45) is -0.626. The van der Waals surface area contributed by atoms with Crippen LogP contribution in [0.1, 0.15) is 33.3 Å². The predicted octanol–water partition coefficient (Wildman–Crippen LogP) is 4.01. The van der Waals surface area contributed by atoms with Gasteiger partial charge in [-0.3, -0.25) is 0 Å². The molecule has 102 valence electrons. The number of halogens is 1. The lowest BCUT2D eigenvalue weighted by Crippen LogP contribution is -2.26. The molecule has 0 N–H and O–H groups in total. The van der Waals surface area contributed by atoms with E-state index in [1.54, 1.807) is 26.0 Å². The second-order valence-corrected chi connectivity index (χ2v) is 3.83. The van der Waals surface area contributed by atoms with Crippen molar-refractivity contribution in [2.24, 2.45) is 0 Å². The van der Waals surface area contributed by atoms with E-state index in [1.807, 2.05) is 26.8 Å². The van der Waals surface area contributed by atoms with Crippen LogP contribution in [0.15, 0.2) is 18.2 Å². The monoisotopic (exact) mass is 272 g/mol. The highest BCUT2D eigenvalue weighted by Crippen LogP contribution is 2.22. The highest BCUT2D eigenvalue weighted by atomic mass is 35.5. The third-order valence-corrected chi connectivity index (χ3v) is 2.48. The summed E-state index contributed by atoms with van der Waals surface area (Å²) in [5.74, 6) is 0.190. The van der Waals surface area contributed by atoms with Gasteiger partial charge < -0.3 is 9.47 Å². The van der Waals surface area contributed by atoms with E-state index in [9.17, 15) is 4.79 Å². The molecule has 0 spiro atoms. The molecule has 0 radical (unpaired) electrons. The van der Waals surface area contributed by atoms with Crippen LogP contribution < -0.4 is 4.74 Å². The third kappa shape index (κ3) is 5.41. The number of carbonyl (C=O) groups is 1. The average Bonchev–Trinajstić information content (AvgIpc) is 2.36. The van der Waals surface area contributed by atoms with Crippen LogP contribution in [0.25, 0.3) is 0 Å². The number of ether oxygens (including phenoxy) is 2. The smallest absolute Gasteiger partial charge is 0.347 e. The van der Waals surface area contributed by atoms with Gasteiger partial charge in [0.2, 0.25) is 0 Å². The SMILES string of the molecule is CC.CCOC(=O)C(C)Oc1ccc(C)c(Cl)c1. The van der Waals surface area contributed by atoms with Gasteiger partial charge in [-0.05, 0) is 38.5 Å². The Kier molecular flexibility index (Phi) is 8.21. The molecule has 1 unspecified atom stereocenters. The molecule has 1 aromatic carbocycles. The van der Waals surface area contributed by atoms with Crippen LogP contribution in [-0.2, 0) is 9.53 Å². The highest BCUT2D eigenvalue weighted by molar-refractivity contribution is 6.31. The van der Waals surface area contributed by atoms with E-state index in [0.29, 0.717) is 17.4 Å². The third-order valence-electron chi connectivity index (χ3n) is 2.07. The van der Waals surface area contributed by atoms with Crippen LogP contribution in [0.3, 0.4) is 0 Å². The minimum absolute atomic E-state index is 0.348. The zero-order valence-electron chi connectivity index (χ0n) is 11.6. The molecule has 1 atom stereocenters. The number of hydrogen-bond acceptors (Lipinski definition) is 3. The van der Waals surface area contributed by atoms with E-state index in [0.717, 1.165) is 5.56 Å². The second kappa shape index (κ2) is 8.81. The summed E-state index contributed by atoms with van der Waals surface area (Å²) < 4.78 is 10.2. The summed E-state index contributed by atoms with van der Waals surface area (Å²) in [6.45, 7) is 9.65. The minimum Gasteiger partial charge on any atom is -0.479 e. The molecule has 0 heterocycles. The maximum Gasteiger partial charge on any atom is 0.347 e. The van der Waals surface area contributed by atoms with Crippen LogP contribution in [0.4, 0.5) is 0 Å². The Morgan fingerprint density at radius 1 is 1.39 bits per heavy atom. The van der Waals surface area contributed by atoms with Gasteiger partial charge in [0.15, 0.2) is 6.10 Å². The van der Waals surface area contributed by atoms with Crippen LogP contribution >= 0.6 is 11.6 Å². The van der Waals surface area contributed by atoms with E-state index in [1.165, 1.54) is 0 Å². The van der Waals surface area contributed by atoms with Crippen molar-refractivity contribution in [3.63, 3.8) is 0 Å². The maximum atomic E-state index is 11.3. The lowest BCUT2D eigenvalue weighted by molar-refractivity contribution is -0.150. The molecule has 0 aliphatic heterocycles. The molecule has 0 aliphatic rings. The van der Waals surface area contributed by atoms with Crippen molar-refractivity contribution in [2.45, 2.75) is 40.7 Å². The molecule has 0 bridgehead atoms. The van der Waals surface area contributed by atoms with Gasteiger partial charge in [0, 0.05) is 5.02 Å². The molecule has 0 saturated heterocycles. The van der Waals surface area contributed by atoms with E-state index in [-0.39, 0.29) is 5.97 Å². The van der Waals surface area contributed by atoms with Crippen molar-refractivity contribution in [1.82, 2.24) is 0 Å². The van der Waals surface area contributed by atoms with Crippen LogP contribution in [-0.4, -0.2) is 18.7 Å². The molecule has 1 aromatic rings. The Balaban J connectivity index is 0.00000137. The average molecular weight is 273 g/mol. The number of carbonyl (C=O) groups excluding carboxylic acids is 1. The van der Waals surface area contributed by atoms with E-state index >= 15 is 0 Å². The van der Waals surface area contributed by atoms with Crippen molar-refractivity contribution in [3.8, 4) is 5.75 Å². The largest absolute Gasteiger partial charge is 0.479 e. The molecule has 18 heavy (non-hydrogen) atoms. The van der Waals surface area contributed by atoms with E-state index < -0.39 is 6.10 Å². The molecule has 0 amide bonds. The predicted molar refractivity (Wildman–Crippen MR) is 74.3 cm³/mol.